The Kier molecular flexibility index (Phi) is 2.59. The molecule has 0 unspecified atom stereocenters. The zero-order valence-corrected chi connectivity index (χ0v) is 9.83. The van der Waals surface area contributed by atoms with Gasteiger partial charge in [0.1, 0.15) is 0 Å². The van der Waals surface area contributed by atoms with Gasteiger partial charge < -0.3 is 4.98 Å². The first-order valence-electron chi connectivity index (χ1n) is 5.79. The van der Waals surface area contributed by atoms with Crippen molar-refractivity contribution in [3.05, 3.63) is 60.2 Å². The minimum absolute atomic E-state index is 0.632. The van der Waals surface area contributed by atoms with Gasteiger partial charge in [-0.2, -0.15) is 13.2 Å². The van der Waals surface area contributed by atoms with Crippen LogP contribution in [0.15, 0.2) is 54.6 Å². The van der Waals surface area contributed by atoms with Crippen molar-refractivity contribution in [2.45, 2.75) is 6.18 Å². The molecule has 0 radical (unpaired) electrons. The SMILES string of the molecule is FC(F)(F)c1ccc(-c2cc3ccccc3[nH]2)cc1. The van der Waals surface area contributed by atoms with E-state index in [-0.39, 0.29) is 0 Å². The molecule has 1 nitrogen and oxygen atoms in total. The minimum Gasteiger partial charge on any atom is -0.355 e. The zero-order chi connectivity index (χ0) is 13.5. The van der Waals surface area contributed by atoms with Crippen LogP contribution in [0.5, 0.6) is 0 Å². The van der Waals surface area contributed by atoms with Gasteiger partial charge in [0.2, 0.25) is 0 Å². The van der Waals surface area contributed by atoms with Crippen LogP contribution in [0.2, 0.25) is 0 Å². The maximum Gasteiger partial charge on any atom is 0.416 e. The van der Waals surface area contributed by atoms with Crippen LogP contribution < -0.4 is 0 Å². The molecule has 0 saturated heterocycles. The van der Waals surface area contributed by atoms with Crippen LogP contribution in [0.3, 0.4) is 0 Å². The molecule has 3 aromatic rings. The third-order valence-corrected chi connectivity index (χ3v) is 3.05. The topological polar surface area (TPSA) is 15.8 Å². The molecule has 0 amide bonds. The number of benzene rings is 2. The van der Waals surface area contributed by atoms with Gasteiger partial charge >= 0.3 is 6.18 Å². The summed E-state index contributed by atoms with van der Waals surface area (Å²) in [6, 6.07) is 14.8. The summed E-state index contributed by atoms with van der Waals surface area (Å²) in [6.07, 6.45) is -4.29. The van der Waals surface area contributed by atoms with Crippen molar-refractivity contribution in [2.24, 2.45) is 0 Å². The maximum atomic E-state index is 12.5. The van der Waals surface area contributed by atoms with Crippen LogP contribution in [-0.4, -0.2) is 4.98 Å². The molecule has 1 N–H and O–H groups in total. The predicted octanol–water partition coefficient (Wildman–Crippen LogP) is 4.85. The highest BCUT2D eigenvalue weighted by atomic mass is 19.4. The molecule has 1 heterocycles. The first-order valence-corrected chi connectivity index (χ1v) is 5.79. The van der Waals surface area contributed by atoms with Crippen molar-refractivity contribution in [2.75, 3.05) is 0 Å². The maximum absolute atomic E-state index is 12.5. The standard InChI is InChI=1S/C15H10F3N/c16-15(17,18)12-7-5-10(6-8-12)14-9-11-3-1-2-4-13(11)19-14/h1-9,19H. The number of H-pyrrole nitrogens is 1. The van der Waals surface area contributed by atoms with E-state index in [0.717, 1.165) is 34.3 Å². The number of alkyl halides is 3. The van der Waals surface area contributed by atoms with Crippen molar-refractivity contribution < 1.29 is 13.2 Å². The first kappa shape index (κ1) is 11.8. The lowest BCUT2D eigenvalue weighted by Gasteiger charge is -2.06. The molecule has 0 aliphatic carbocycles. The second-order valence-electron chi connectivity index (χ2n) is 4.35. The summed E-state index contributed by atoms with van der Waals surface area (Å²) >= 11 is 0. The molecule has 0 fully saturated rings. The number of hydrogen-bond donors (Lipinski definition) is 1. The zero-order valence-electron chi connectivity index (χ0n) is 9.83. The summed E-state index contributed by atoms with van der Waals surface area (Å²) in [5.74, 6) is 0. The van der Waals surface area contributed by atoms with Crippen LogP contribution in [-0.2, 0) is 6.18 Å². The number of halogens is 3. The van der Waals surface area contributed by atoms with E-state index in [1.807, 2.05) is 30.3 Å². The molecular formula is C15H10F3N. The lowest BCUT2D eigenvalue weighted by molar-refractivity contribution is -0.137. The smallest absolute Gasteiger partial charge is 0.355 e. The molecule has 2 aromatic carbocycles. The van der Waals surface area contributed by atoms with Crippen LogP contribution in [0.25, 0.3) is 22.2 Å². The van der Waals surface area contributed by atoms with Gasteiger partial charge in [0.15, 0.2) is 0 Å². The predicted molar refractivity (Wildman–Crippen MR) is 68.7 cm³/mol. The Morgan fingerprint density at radius 2 is 1.53 bits per heavy atom. The Hall–Kier alpha value is -2.23. The van der Waals surface area contributed by atoms with Crippen molar-refractivity contribution in [1.29, 1.82) is 0 Å². The van der Waals surface area contributed by atoms with E-state index in [4.69, 9.17) is 0 Å². The van der Waals surface area contributed by atoms with Crippen LogP contribution >= 0.6 is 0 Å². The quantitative estimate of drug-likeness (QED) is 0.644. The number of aromatic nitrogens is 1. The Morgan fingerprint density at radius 1 is 0.842 bits per heavy atom. The molecule has 0 aliphatic rings. The van der Waals surface area contributed by atoms with Crippen LogP contribution in [0.1, 0.15) is 5.56 Å². The van der Waals surface area contributed by atoms with Gasteiger partial charge in [-0.15, -0.1) is 0 Å². The molecule has 19 heavy (non-hydrogen) atoms. The van der Waals surface area contributed by atoms with Crippen molar-refractivity contribution in [1.82, 2.24) is 4.98 Å². The number of fused-ring (bicyclic) bond motifs is 1. The largest absolute Gasteiger partial charge is 0.416 e. The molecule has 0 aliphatic heterocycles. The van der Waals surface area contributed by atoms with E-state index in [1.54, 1.807) is 0 Å². The third-order valence-electron chi connectivity index (χ3n) is 3.05. The fourth-order valence-corrected chi connectivity index (χ4v) is 2.07. The molecule has 4 heteroatoms. The summed E-state index contributed by atoms with van der Waals surface area (Å²) < 4.78 is 37.4. The highest BCUT2D eigenvalue weighted by molar-refractivity contribution is 5.85. The van der Waals surface area contributed by atoms with E-state index in [2.05, 4.69) is 4.98 Å². The first-order chi connectivity index (χ1) is 9.04. The van der Waals surface area contributed by atoms with Gasteiger partial charge in [0, 0.05) is 16.6 Å². The van der Waals surface area contributed by atoms with Gasteiger partial charge in [-0.1, -0.05) is 30.3 Å². The summed E-state index contributed by atoms with van der Waals surface area (Å²) in [7, 11) is 0. The highest BCUT2D eigenvalue weighted by Crippen LogP contribution is 2.31. The van der Waals surface area contributed by atoms with E-state index >= 15 is 0 Å². The molecule has 0 saturated carbocycles. The van der Waals surface area contributed by atoms with E-state index in [9.17, 15) is 13.2 Å². The normalized spacial score (nSPS) is 11.9. The Morgan fingerprint density at radius 3 is 2.16 bits per heavy atom. The second kappa shape index (κ2) is 4.16. The minimum atomic E-state index is -4.29. The Labute approximate surface area is 107 Å². The number of hydrogen-bond acceptors (Lipinski definition) is 0. The van der Waals surface area contributed by atoms with Crippen LogP contribution in [0.4, 0.5) is 13.2 Å². The Bertz CT molecular complexity index is 675. The fraction of sp³-hybridized carbons (Fsp3) is 0.0667. The van der Waals surface area contributed by atoms with Gasteiger partial charge in [-0.3, -0.25) is 0 Å². The molecular weight excluding hydrogens is 251 g/mol. The third kappa shape index (κ3) is 2.21. The van der Waals surface area contributed by atoms with E-state index < -0.39 is 11.7 Å². The monoisotopic (exact) mass is 261 g/mol. The number of para-hydroxylation sites is 1. The summed E-state index contributed by atoms with van der Waals surface area (Å²) in [4.78, 5) is 3.19. The average Bonchev–Trinajstić information content (AvgIpc) is 2.81. The number of nitrogens with one attached hydrogen (secondary N) is 1. The lowest BCUT2D eigenvalue weighted by Crippen LogP contribution is -2.03. The van der Waals surface area contributed by atoms with Crippen molar-refractivity contribution in [3.63, 3.8) is 0 Å². The van der Waals surface area contributed by atoms with Crippen molar-refractivity contribution in [3.8, 4) is 11.3 Å². The number of rotatable bonds is 1. The van der Waals surface area contributed by atoms with Crippen LogP contribution in [0, 0.1) is 0 Å². The lowest BCUT2D eigenvalue weighted by atomic mass is 10.1. The fourth-order valence-electron chi connectivity index (χ4n) is 2.07. The van der Waals surface area contributed by atoms with Gasteiger partial charge in [0.05, 0.1) is 5.56 Å². The summed E-state index contributed by atoms with van der Waals surface area (Å²) in [5, 5.41) is 1.04. The van der Waals surface area contributed by atoms with E-state index in [0.29, 0.717) is 0 Å². The Balaban J connectivity index is 2.02. The van der Waals surface area contributed by atoms with Gasteiger partial charge in [0.25, 0.3) is 0 Å². The molecule has 0 atom stereocenters. The highest BCUT2D eigenvalue weighted by Gasteiger charge is 2.29. The van der Waals surface area contributed by atoms with E-state index in [1.165, 1.54) is 12.1 Å². The molecule has 0 bridgehead atoms. The summed E-state index contributed by atoms with van der Waals surface area (Å²) in [6.45, 7) is 0. The second-order valence-corrected chi connectivity index (χ2v) is 4.35. The molecule has 0 spiro atoms. The number of aromatic amines is 1. The molecule has 96 valence electrons. The summed E-state index contributed by atoms with van der Waals surface area (Å²) in [5.41, 5.74) is 1.89. The molecule has 1 aromatic heterocycles. The van der Waals surface area contributed by atoms with Gasteiger partial charge in [-0.05, 0) is 29.8 Å². The van der Waals surface area contributed by atoms with Crippen molar-refractivity contribution >= 4 is 10.9 Å². The van der Waals surface area contributed by atoms with Gasteiger partial charge in [-0.25, -0.2) is 0 Å². The molecule has 3 rings (SSSR count). The average molecular weight is 261 g/mol.